The predicted octanol–water partition coefficient (Wildman–Crippen LogP) is 2.96. The predicted molar refractivity (Wildman–Crippen MR) is 78.9 cm³/mol. The number of benzene rings is 1. The first kappa shape index (κ1) is 14.8. The lowest BCUT2D eigenvalue weighted by atomic mass is 9.62. The molecule has 4 heteroatoms. The molecule has 1 aromatic rings. The zero-order chi connectivity index (χ0) is 14.0. The average molecular weight is 301 g/mol. The Labute approximate surface area is 124 Å². The van der Waals surface area contributed by atoms with Crippen molar-refractivity contribution >= 4 is 29.0 Å². The van der Waals surface area contributed by atoms with Crippen LogP contribution in [0.3, 0.4) is 0 Å². The molecule has 0 saturated heterocycles. The summed E-state index contributed by atoms with van der Waals surface area (Å²) >= 11 is 12.0. The third kappa shape index (κ3) is 2.96. The molecule has 1 aliphatic carbocycles. The van der Waals surface area contributed by atoms with Gasteiger partial charge >= 0.3 is 0 Å². The van der Waals surface area contributed by atoms with Crippen LogP contribution in [0.4, 0.5) is 0 Å². The van der Waals surface area contributed by atoms with Gasteiger partial charge in [-0.05, 0) is 44.4 Å². The second-order valence-electron chi connectivity index (χ2n) is 5.67. The van der Waals surface area contributed by atoms with Crippen LogP contribution in [0, 0.1) is 0 Å². The third-order valence-corrected chi connectivity index (χ3v) is 4.73. The molecule has 0 aromatic heterocycles. The topological polar surface area (TPSA) is 33.7 Å². The lowest BCUT2D eigenvalue weighted by Gasteiger charge is -2.40. The van der Waals surface area contributed by atoms with E-state index in [-0.39, 0.29) is 5.41 Å². The van der Waals surface area contributed by atoms with Gasteiger partial charge in [-0.25, -0.2) is 0 Å². The summed E-state index contributed by atoms with van der Waals surface area (Å²) < 4.78 is 0. The Balaban J connectivity index is 2.22. The van der Waals surface area contributed by atoms with Crippen LogP contribution in [-0.2, 0) is 10.2 Å². The summed E-state index contributed by atoms with van der Waals surface area (Å²) in [6.45, 7) is 4.73. The lowest BCUT2D eigenvalue weighted by Crippen LogP contribution is -2.90. The van der Waals surface area contributed by atoms with Crippen LogP contribution >= 0.6 is 23.2 Å². The fourth-order valence-electron chi connectivity index (χ4n) is 2.59. The van der Waals surface area contributed by atoms with E-state index in [1.54, 1.807) is 6.07 Å². The summed E-state index contributed by atoms with van der Waals surface area (Å²) in [5.41, 5.74) is 0.704. The number of ketones is 1. The number of hydrogen-bond acceptors (Lipinski definition) is 1. The molecule has 19 heavy (non-hydrogen) atoms. The lowest BCUT2D eigenvalue weighted by molar-refractivity contribution is -0.672. The smallest absolute Gasteiger partial charge is 0.197 e. The minimum absolute atomic E-state index is 0.311. The van der Waals surface area contributed by atoms with Gasteiger partial charge < -0.3 is 5.32 Å². The van der Waals surface area contributed by atoms with E-state index in [1.165, 1.54) is 0 Å². The number of halogens is 2. The summed E-state index contributed by atoms with van der Waals surface area (Å²) in [5.74, 6) is 0.311. The molecule has 1 saturated carbocycles. The van der Waals surface area contributed by atoms with Crippen LogP contribution in [-0.4, -0.2) is 18.4 Å². The van der Waals surface area contributed by atoms with Gasteiger partial charge in [-0.15, -0.1) is 0 Å². The van der Waals surface area contributed by atoms with Crippen LogP contribution in [0.2, 0.25) is 10.0 Å². The number of nitrogens with two attached hydrogens (primary N) is 1. The first-order chi connectivity index (χ1) is 8.95. The van der Waals surface area contributed by atoms with Crippen molar-refractivity contribution in [3.05, 3.63) is 33.8 Å². The molecular weight excluding hydrogens is 281 g/mol. The van der Waals surface area contributed by atoms with Gasteiger partial charge in [0, 0.05) is 0 Å². The van der Waals surface area contributed by atoms with Crippen LogP contribution < -0.4 is 5.32 Å². The van der Waals surface area contributed by atoms with Crippen LogP contribution in [0.5, 0.6) is 0 Å². The fraction of sp³-hybridized carbons (Fsp3) is 0.533. The standard InChI is InChI=1S/C15H19Cl2NO/c1-10(2)18-9-14(19)15(6-3-7-15)11-4-5-12(16)13(17)8-11/h4-5,8,10,18H,3,6-7,9H2,1-2H3/p+1. The SMILES string of the molecule is CC(C)[NH2+]CC(=O)C1(c2ccc(Cl)c(Cl)c2)CCC1. The highest BCUT2D eigenvalue weighted by molar-refractivity contribution is 6.42. The van der Waals surface area contributed by atoms with Gasteiger partial charge in [0.15, 0.2) is 5.78 Å². The number of hydrogen-bond donors (Lipinski definition) is 1. The average Bonchev–Trinajstić information content (AvgIpc) is 2.29. The molecule has 1 aromatic carbocycles. The Morgan fingerprint density at radius 3 is 2.47 bits per heavy atom. The van der Waals surface area contributed by atoms with Crippen molar-refractivity contribution in [2.75, 3.05) is 6.54 Å². The van der Waals surface area contributed by atoms with E-state index in [9.17, 15) is 4.79 Å². The quantitative estimate of drug-likeness (QED) is 0.891. The number of carbonyl (C=O) groups excluding carboxylic acids is 1. The second kappa shape index (κ2) is 5.82. The molecule has 2 N–H and O–H groups in total. The van der Waals surface area contributed by atoms with Crippen molar-refractivity contribution in [2.24, 2.45) is 0 Å². The molecular formula is C15H20Cl2NO+. The maximum atomic E-state index is 12.5. The van der Waals surface area contributed by atoms with Gasteiger partial charge in [-0.2, -0.15) is 0 Å². The Kier molecular flexibility index (Phi) is 4.54. The molecule has 0 amide bonds. The van der Waals surface area contributed by atoms with Gasteiger partial charge in [0.25, 0.3) is 0 Å². The highest BCUT2D eigenvalue weighted by atomic mass is 35.5. The third-order valence-electron chi connectivity index (χ3n) is 3.99. The molecule has 1 fully saturated rings. The van der Waals surface area contributed by atoms with Gasteiger partial charge in [-0.3, -0.25) is 4.79 Å². The molecule has 0 heterocycles. The molecule has 1 aliphatic rings. The first-order valence-electron chi connectivity index (χ1n) is 6.78. The Hall–Kier alpha value is -0.570. The number of quaternary nitrogens is 1. The minimum atomic E-state index is -0.320. The molecule has 2 nitrogen and oxygen atoms in total. The van der Waals surface area contributed by atoms with Gasteiger partial charge in [0.2, 0.25) is 0 Å². The van der Waals surface area contributed by atoms with Gasteiger partial charge in [0.05, 0.1) is 21.5 Å². The summed E-state index contributed by atoms with van der Waals surface area (Å²) in [5, 5.41) is 3.16. The van der Waals surface area contributed by atoms with Crippen molar-refractivity contribution in [3.63, 3.8) is 0 Å². The van der Waals surface area contributed by atoms with Crippen molar-refractivity contribution in [3.8, 4) is 0 Å². The van der Waals surface area contributed by atoms with E-state index in [1.807, 2.05) is 12.1 Å². The molecule has 104 valence electrons. The summed E-state index contributed by atoms with van der Waals surface area (Å²) in [6, 6.07) is 6.03. The zero-order valence-electron chi connectivity index (χ0n) is 11.4. The van der Waals surface area contributed by atoms with E-state index in [0.29, 0.717) is 28.4 Å². The number of carbonyl (C=O) groups is 1. The molecule has 0 aliphatic heterocycles. The molecule has 0 atom stereocenters. The zero-order valence-corrected chi connectivity index (χ0v) is 12.9. The first-order valence-corrected chi connectivity index (χ1v) is 7.53. The molecule has 0 unspecified atom stereocenters. The molecule has 0 spiro atoms. The Bertz CT molecular complexity index is 481. The van der Waals surface area contributed by atoms with E-state index < -0.39 is 0 Å². The highest BCUT2D eigenvalue weighted by Crippen LogP contribution is 2.45. The van der Waals surface area contributed by atoms with Crippen LogP contribution in [0.1, 0.15) is 38.7 Å². The van der Waals surface area contributed by atoms with E-state index >= 15 is 0 Å². The van der Waals surface area contributed by atoms with Crippen molar-refractivity contribution in [1.29, 1.82) is 0 Å². The van der Waals surface area contributed by atoms with Crippen molar-refractivity contribution in [1.82, 2.24) is 0 Å². The molecule has 2 rings (SSSR count). The largest absolute Gasteiger partial charge is 0.338 e. The molecule has 0 radical (unpaired) electrons. The second-order valence-corrected chi connectivity index (χ2v) is 6.49. The monoisotopic (exact) mass is 300 g/mol. The number of Topliss-reactive ketones (excluding diaryl/α,β-unsaturated/α-hetero) is 1. The summed E-state index contributed by atoms with van der Waals surface area (Å²) in [7, 11) is 0. The maximum Gasteiger partial charge on any atom is 0.197 e. The minimum Gasteiger partial charge on any atom is -0.338 e. The number of rotatable bonds is 5. The summed E-state index contributed by atoms with van der Waals surface area (Å²) in [4.78, 5) is 12.5. The van der Waals surface area contributed by atoms with Gasteiger partial charge in [0.1, 0.15) is 6.54 Å². The Morgan fingerprint density at radius 1 is 1.32 bits per heavy atom. The van der Waals surface area contributed by atoms with Crippen molar-refractivity contribution in [2.45, 2.75) is 44.6 Å². The van der Waals surface area contributed by atoms with Gasteiger partial charge in [-0.1, -0.05) is 35.7 Å². The normalized spacial score (nSPS) is 17.3. The fourth-order valence-corrected chi connectivity index (χ4v) is 2.89. The summed E-state index contributed by atoms with van der Waals surface area (Å²) in [6.07, 6.45) is 2.96. The highest BCUT2D eigenvalue weighted by Gasteiger charge is 2.46. The maximum absolute atomic E-state index is 12.5. The van der Waals surface area contributed by atoms with Crippen molar-refractivity contribution < 1.29 is 10.1 Å². The van der Waals surface area contributed by atoms with E-state index in [2.05, 4.69) is 19.2 Å². The van der Waals surface area contributed by atoms with E-state index in [4.69, 9.17) is 23.2 Å². The van der Waals surface area contributed by atoms with Crippen LogP contribution in [0.15, 0.2) is 18.2 Å². The molecule has 0 bridgehead atoms. The Morgan fingerprint density at radius 2 is 2.00 bits per heavy atom. The van der Waals surface area contributed by atoms with E-state index in [0.717, 1.165) is 24.8 Å². The van der Waals surface area contributed by atoms with Crippen LogP contribution in [0.25, 0.3) is 0 Å².